The van der Waals surface area contributed by atoms with Gasteiger partial charge in [-0.25, -0.2) is 0 Å². The Labute approximate surface area is 115 Å². The lowest BCUT2D eigenvalue weighted by molar-refractivity contribution is -0.128. The molecule has 0 spiro atoms. The highest BCUT2D eigenvalue weighted by atomic mass is 16.2. The fourth-order valence-electron chi connectivity index (χ4n) is 2.76. The lowest BCUT2D eigenvalue weighted by Gasteiger charge is -2.36. The summed E-state index contributed by atoms with van der Waals surface area (Å²) in [5.74, 6) is 0.845. The molecule has 1 saturated carbocycles. The number of amides is 2. The molecule has 0 aromatic heterocycles. The number of hydrogen-bond donors (Lipinski definition) is 3. The molecular formula is C14H27N3O2. The molecule has 0 saturated heterocycles. The Morgan fingerprint density at radius 3 is 2.47 bits per heavy atom. The summed E-state index contributed by atoms with van der Waals surface area (Å²) in [6, 6.07) is 0.107. The second kappa shape index (κ2) is 7.48. The average molecular weight is 269 g/mol. The van der Waals surface area contributed by atoms with Crippen LogP contribution in [0.15, 0.2) is 0 Å². The van der Waals surface area contributed by atoms with E-state index in [1.165, 1.54) is 0 Å². The number of carbonyl (C=O) groups is 2. The molecule has 1 aliphatic carbocycles. The van der Waals surface area contributed by atoms with E-state index in [9.17, 15) is 9.59 Å². The first-order valence-corrected chi connectivity index (χ1v) is 7.25. The molecule has 0 radical (unpaired) electrons. The summed E-state index contributed by atoms with van der Waals surface area (Å²) < 4.78 is 0. The standard InChI is InChI=1S/C14H27N3O2/c1-4-16-13(18)5-6-17-14(19)11-8-12(15)10(3)7-9(11)2/h9-12H,4-8,15H2,1-3H3,(H,16,18)(H,17,19). The van der Waals surface area contributed by atoms with Gasteiger partial charge in [-0.2, -0.15) is 0 Å². The predicted octanol–water partition coefficient (Wildman–Crippen LogP) is 0.638. The normalized spacial score (nSPS) is 30.7. The minimum Gasteiger partial charge on any atom is -0.356 e. The van der Waals surface area contributed by atoms with Gasteiger partial charge in [0.1, 0.15) is 0 Å². The summed E-state index contributed by atoms with van der Waals surface area (Å²) in [7, 11) is 0. The van der Waals surface area contributed by atoms with E-state index < -0.39 is 0 Å². The van der Waals surface area contributed by atoms with Gasteiger partial charge in [-0.3, -0.25) is 9.59 Å². The predicted molar refractivity (Wildman–Crippen MR) is 75.3 cm³/mol. The van der Waals surface area contributed by atoms with Gasteiger partial charge in [-0.05, 0) is 31.6 Å². The quantitative estimate of drug-likeness (QED) is 0.684. The summed E-state index contributed by atoms with van der Waals surface area (Å²) in [5, 5.41) is 5.56. The van der Waals surface area contributed by atoms with Crippen molar-refractivity contribution in [1.82, 2.24) is 10.6 Å². The molecule has 19 heavy (non-hydrogen) atoms. The van der Waals surface area contributed by atoms with Crippen LogP contribution in [-0.2, 0) is 9.59 Å². The number of nitrogens with two attached hydrogens (primary N) is 1. The van der Waals surface area contributed by atoms with Crippen LogP contribution in [0, 0.1) is 17.8 Å². The molecule has 1 fully saturated rings. The van der Waals surface area contributed by atoms with Crippen molar-refractivity contribution in [3.05, 3.63) is 0 Å². The Bertz CT molecular complexity index is 320. The largest absolute Gasteiger partial charge is 0.356 e. The van der Waals surface area contributed by atoms with Gasteiger partial charge in [-0.15, -0.1) is 0 Å². The third-order valence-corrected chi connectivity index (χ3v) is 4.05. The maximum absolute atomic E-state index is 12.1. The number of nitrogens with one attached hydrogen (secondary N) is 2. The lowest BCUT2D eigenvalue weighted by Crippen LogP contribution is -2.45. The lowest BCUT2D eigenvalue weighted by atomic mass is 9.72. The fraction of sp³-hybridized carbons (Fsp3) is 0.857. The Morgan fingerprint density at radius 1 is 1.16 bits per heavy atom. The van der Waals surface area contributed by atoms with Crippen LogP contribution < -0.4 is 16.4 Å². The van der Waals surface area contributed by atoms with Crippen LogP contribution in [0.25, 0.3) is 0 Å². The van der Waals surface area contributed by atoms with Crippen molar-refractivity contribution < 1.29 is 9.59 Å². The number of rotatable bonds is 5. The Kier molecular flexibility index (Phi) is 6.28. The van der Waals surface area contributed by atoms with Gasteiger partial charge >= 0.3 is 0 Å². The molecule has 0 bridgehead atoms. The molecule has 110 valence electrons. The maximum Gasteiger partial charge on any atom is 0.223 e. The Balaban J connectivity index is 2.34. The van der Waals surface area contributed by atoms with E-state index in [-0.39, 0.29) is 23.8 Å². The second-order valence-electron chi connectivity index (χ2n) is 5.69. The van der Waals surface area contributed by atoms with Crippen LogP contribution in [-0.4, -0.2) is 30.9 Å². The van der Waals surface area contributed by atoms with Crippen molar-refractivity contribution >= 4 is 11.8 Å². The van der Waals surface area contributed by atoms with E-state index in [0.717, 1.165) is 12.8 Å². The highest BCUT2D eigenvalue weighted by Gasteiger charge is 2.34. The molecule has 2 amide bonds. The molecule has 5 nitrogen and oxygen atoms in total. The summed E-state index contributed by atoms with van der Waals surface area (Å²) in [5.41, 5.74) is 6.04. The highest BCUT2D eigenvalue weighted by molar-refractivity contribution is 5.80. The van der Waals surface area contributed by atoms with Crippen molar-refractivity contribution in [3.8, 4) is 0 Å². The molecular weight excluding hydrogens is 242 g/mol. The van der Waals surface area contributed by atoms with Crippen molar-refractivity contribution in [2.45, 2.75) is 46.1 Å². The van der Waals surface area contributed by atoms with Crippen molar-refractivity contribution in [3.63, 3.8) is 0 Å². The zero-order valence-corrected chi connectivity index (χ0v) is 12.2. The van der Waals surface area contributed by atoms with Gasteiger partial charge in [0, 0.05) is 31.5 Å². The van der Waals surface area contributed by atoms with Crippen molar-refractivity contribution in [2.75, 3.05) is 13.1 Å². The Hall–Kier alpha value is -1.10. The van der Waals surface area contributed by atoms with E-state index in [4.69, 9.17) is 5.73 Å². The summed E-state index contributed by atoms with van der Waals surface area (Å²) in [6.45, 7) is 7.15. The van der Waals surface area contributed by atoms with Gasteiger partial charge in [0.05, 0.1) is 0 Å². The Morgan fingerprint density at radius 2 is 1.84 bits per heavy atom. The first kappa shape index (κ1) is 16.0. The van der Waals surface area contributed by atoms with Crippen molar-refractivity contribution in [2.24, 2.45) is 23.5 Å². The van der Waals surface area contributed by atoms with Crippen LogP contribution in [0.5, 0.6) is 0 Å². The zero-order chi connectivity index (χ0) is 14.4. The monoisotopic (exact) mass is 269 g/mol. The third-order valence-electron chi connectivity index (χ3n) is 4.05. The van der Waals surface area contributed by atoms with E-state index in [2.05, 4.69) is 24.5 Å². The molecule has 4 atom stereocenters. The van der Waals surface area contributed by atoms with Crippen LogP contribution in [0.3, 0.4) is 0 Å². The molecule has 5 heteroatoms. The molecule has 1 aliphatic rings. The van der Waals surface area contributed by atoms with Crippen LogP contribution >= 0.6 is 0 Å². The van der Waals surface area contributed by atoms with E-state index in [0.29, 0.717) is 31.3 Å². The summed E-state index contributed by atoms with van der Waals surface area (Å²) >= 11 is 0. The SMILES string of the molecule is CCNC(=O)CCNC(=O)C1CC(N)C(C)CC1C. The minimum atomic E-state index is -0.0233. The molecule has 0 aromatic carbocycles. The van der Waals surface area contributed by atoms with Gasteiger partial charge in [0.15, 0.2) is 0 Å². The molecule has 0 heterocycles. The van der Waals surface area contributed by atoms with Crippen LogP contribution in [0.4, 0.5) is 0 Å². The first-order valence-electron chi connectivity index (χ1n) is 7.25. The van der Waals surface area contributed by atoms with Crippen LogP contribution in [0.1, 0.15) is 40.0 Å². The summed E-state index contributed by atoms with van der Waals surface area (Å²) in [4.78, 5) is 23.4. The van der Waals surface area contributed by atoms with E-state index >= 15 is 0 Å². The maximum atomic E-state index is 12.1. The third kappa shape index (κ3) is 4.82. The average Bonchev–Trinajstić information content (AvgIpc) is 2.34. The first-order chi connectivity index (χ1) is 8.95. The fourth-order valence-corrected chi connectivity index (χ4v) is 2.76. The van der Waals surface area contributed by atoms with E-state index in [1.807, 2.05) is 6.92 Å². The van der Waals surface area contributed by atoms with Gasteiger partial charge in [0.25, 0.3) is 0 Å². The molecule has 0 aliphatic heterocycles. The van der Waals surface area contributed by atoms with E-state index in [1.54, 1.807) is 0 Å². The number of carbonyl (C=O) groups excluding carboxylic acids is 2. The smallest absolute Gasteiger partial charge is 0.223 e. The van der Waals surface area contributed by atoms with Crippen LogP contribution in [0.2, 0.25) is 0 Å². The minimum absolute atomic E-state index is 0.0135. The summed E-state index contributed by atoms with van der Waals surface area (Å²) in [6.07, 6.45) is 2.08. The molecule has 1 rings (SSSR count). The number of hydrogen-bond acceptors (Lipinski definition) is 3. The van der Waals surface area contributed by atoms with Gasteiger partial charge < -0.3 is 16.4 Å². The highest BCUT2D eigenvalue weighted by Crippen LogP contribution is 2.32. The zero-order valence-electron chi connectivity index (χ0n) is 12.2. The molecule has 0 aromatic rings. The van der Waals surface area contributed by atoms with Gasteiger partial charge in [-0.1, -0.05) is 13.8 Å². The topological polar surface area (TPSA) is 84.2 Å². The molecule has 4 unspecified atom stereocenters. The van der Waals surface area contributed by atoms with Gasteiger partial charge in [0.2, 0.25) is 11.8 Å². The second-order valence-corrected chi connectivity index (χ2v) is 5.69. The molecule has 4 N–H and O–H groups in total. The van der Waals surface area contributed by atoms with Crippen molar-refractivity contribution in [1.29, 1.82) is 0 Å².